The number of anilines is 2. The third kappa shape index (κ3) is 4.58. The molecule has 2 aliphatic rings. The number of carbonyl (C=O) groups is 3. The molecule has 1 aromatic heterocycles. The molecule has 0 radical (unpaired) electrons. The third-order valence-electron chi connectivity index (χ3n) is 7.28. The lowest BCUT2D eigenvalue weighted by atomic mass is 9.62. The summed E-state index contributed by atoms with van der Waals surface area (Å²) in [5, 5.41) is 18.3. The van der Waals surface area contributed by atoms with Crippen LogP contribution < -0.4 is 16.0 Å². The van der Waals surface area contributed by atoms with E-state index in [2.05, 4.69) is 16.0 Å². The van der Waals surface area contributed by atoms with Gasteiger partial charge >= 0.3 is 5.97 Å². The number of amides is 2. The van der Waals surface area contributed by atoms with Crippen molar-refractivity contribution in [3.8, 4) is 0 Å². The van der Waals surface area contributed by atoms with Crippen molar-refractivity contribution in [2.45, 2.75) is 50.6 Å². The summed E-state index contributed by atoms with van der Waals surface area (Å²) in [7, 11) is 0. The Morgan fingerprint density at radius 3 is 2.56 bits per heavy atom. The highest BCUT2D eigenvalue weighted by Crippen LogP contribution is 2.57. The van der Waals surface area contributed by atoms with Crippen molar-refractivity contribution in [1.29, 1.82) is 0 Å². The number of carboxylic acid groups (broad SMARTS) is 1. The molecule has 4 atom stereocenters. The van der Waals surface area contributed by atoms with Crippen LogP contribution in [0.25, 0.3) is 0 Å². The predicted molar refractivity (Wildman–Crippen MR) is 145 cm³/mol. The molecule has 2 aliphatic heterocycles. The van der Waals surface area contributed by atoms with Crippen LogP contribution in [0.1, 0.15) is 54.8 Å². The summed E-state index contributed by atoms with van der Waals surface area (Å²) in [5.74, 6) is -4.55. The summed E-state index contributed by atoms with van der Waals surface area (Å²) < 4.78 is 21.0. The molecular weight excluding hydrogens is 548 g/mol. The van der Waals surface area contributed by atoms with Crippen molar-refractivity contribution < 1.29 is 28.3 Å². The number of rotatable bonds is 5. The van der Waals surface area contributed by atoms with Gasteiger partial charge in [0.1, 0.15) is 11.2 Å². The Kier molecular flexibility index (Phi) is 6.73. The van der Waals surface area contributed by atoms with Crippen LogP contribution >= 0.6 is 23.2 Å². The summed E-state index contributed by atoms with van der Waals surface area (Å²) in [5.41, 5.74) is -0.533. The van der Waals surface area contributed by atoms with Crippen molar-refractivity contribution in [2.24, 2.45) is 5.41 Å². The zero-order valence-corrected chi connectivity index (χ0v) is 22.8. The Balaban J connectivity index is 1.71. The number of nitrogens with one attached hydrogen (secondary N) is 3. The van der Waals surface area contributed by atoms with E-state index < -0.39 is 47.0 Å². The average molecular weight is 574 g/mol. The monoisotopic (exact) mass is 573 g/mol. The molecule has 39 heavy (non-hydrogen) atoms. The maximum absolute atomic E-state index is 15.7. The average Bonchev–Trinajstić information content (AvgIpc) is 3.51. The Hall–Kier alpha value is -3.40. The van der Waals surface area contributed by atoms with Crippen LogP contribution in [0.3, 0.4) is 0 Å². The molecule has 0 bridgehead atoms. The number of benzene rings is 2. The first-order chi connectivity index (χ1) is 18.3. The van der Waals surface area contributed by atoms with E-state index in [0.29, 0.717) is 22.7 Å². The van der Waals surface area contributed by atoms with Crippen LogP contribution in [-0.4, -0.2) is 35.0 Å². The molecule has 1 spiro atoms. The molecule has 2 amide bonds. The first-order valence-electron chi connectivity index (χ1n) is 12.3. The molecule has 5 rings (SSSR count). The van der Waals surface area contributed by atoms with Crippen LogP contribution in [0.5, 0.6) is 0 Å². The van der Waals surface area contributed by atoms with Gasteiger partial charge in [0.2, 0.25) is 23.5 Å². The largest absolute Gasteiger partial charge is 0.475 e. The minimum absolute atomic E-state index is 0.0928. The minimum atomic E-state index is -1.41. The van der Waals surface area contributed by atoms with Gasteiger partial charge in [0.05, 0.1) is 11.1 Å². The third-order valence-corrected chi connectivity index (χ3v) is 7.81. The molecule has 3 heterocycles. The molecule has 4 N–H and O–H groups in total. The summed E-state index contributed by atoms with van der Waals surface area (Å²) in [6.45, 7) is 6.03. The smallest absolute Gasteiger partial charge is 0.371 e. The van der Waals surface area contributed by atoms with Crippen LogP contribution in [0.4, 0.5) is 16.0 Å². The van der Waals surface area contributed by atoms with Crippen LogP contribution in [0.15, 0.2) is 52.9 Å². The fourth-order valence-corrected chi connectivity index (χ4v) is 6.23. The van der Waals surface area contributed by atoms with E-state index in [1.54, 1.807) is 24.3 Å². The molecule has 2 aromatic carbocycles. The molecule has 0 unspecified atom stereocenters. The van der Waals surface area contributed by atoms with Gasteiger partial charge in [-0.1, -0.05) is 62.2 Å². The molecular formula is C28H26Cl2FN3O5. The van der Waals surface area contributed by atoms with E-state index in [-0.39, 0.29) is 27.6 Å². The molecule has 0 aliphatic carbocycles. The van der Waals surface area contributed by atoms with Crippen molar-refractivity contribution in [3.05, 3.63) is 81.3 Å². The Bertz CT molecular complexity index is 1500. The predicted octanol–water partition coefficient (Wildman–Crippen LogP) is 5.81. The van der Waals surface area contributed by atoms with Crippen LogP contribution in [0, 0.1) is 11.2 Å². The van der Waals surface area contributed by atoms with Crippen LogP contribution in [-0.2, 0) is 15.0 Å². The Morgan fingerprint density at radius 1 is 1.15 bits per heavy atom. The van der Waals surface area contributed by atoms with Gasteiger partial charge in [-0.2, -0.15) is 0 Å². The number of fused-ring (bicyclic) bond motifs is 2. The van der Waals surface area contributed by atoms with E-state index >= 15 is 4.39 Å². The number of furan rings is 1. The van der Waals surface area contributed by atoms with E-state index in [0.717, 1.165) is 0 Å². The Morgan fingerprint density at radius 2 is 1.90 bits per heavy atom. The maximum atomic E-state index is 15.7. The fraction of sp³-hybridized carbons (Fsp3) is 0.321. The second kappa shape index (κ2) is 9.66. The van der Waals surface area contributed by atoms with Gasteiger partial charge in [0.15, 0.2) is 0 Å². The van der Waals surface area contributed by atoms with Gasteiger partial charge < -0.3 is 20.2 Å². The number of halogens is 3. The van der Waals surface area contributed by atoms with E-state index in [9.17, 15) is 19.5 Å². The first-order valence-corrected chi connectivity index (χ1v) is 13.0. The normalized spacial score (nSPS) is 24.1. The maximum Gasteiger partial charge on any atom is 0.371 e. The van der Waals surface area contributed by atoms with Crippen molar-refractivity contribution in [3.63, 3.8) is 0 Å². The molecule has 8 nitrogen and oxygen atoms in total. The summed E-state index contributed by atoms with van der Waals surface area (Å²) in [4.78, 5) is 39.1. The van der Waals surface area contributed by atoms with Gasteiger partial charge in [-0.25, -0.2) is 9.18 Å². The van der Waals surface area contributed by atoms with Crippen molar-refractivity contribution in [2.75, 3.05) is 10.6 Å². The Labute approximate surface area is 233 Å². The lowest BCUT2D eigenvalue weighted by Gasteiger charge is -2.37. The summed E-state index contributed by atoms with van der Waals surface area (Å²) in [6, 6.07) is 10.3. The van der Waals surface area contributed by atoms with E-state index in [1.807, 2.05) is 20.8 Å². The highest BCUT2D eigenvalue weighted by molar-refractivity contribution is 6.31. The van der Waals surface area contributed by atoms with Gasteiger partial charge in [0, 0.05) is 28.7 Å². The van der Waals surface area contributed by atoms with Crippen LogP contribution in [0.2, 0.25) is 10.0 Å². The lowest BCUT2D eigenvalue weighted by Crippen LogP contribution is -2.49. The summed E-state index contributed by atoms with van der Waals surface area (Å²) >= 11 is 12.4. The first kappa shape index (κ1) is 27.2. The molecule has 3 aromatic rings. The highest BCUT2D eigenvalue weighted by atomic mass is 35.5. The summed E-state index contributed by atoms with van der Waals surface area (Å²) in [6.07, 6.45) is 0.453. The molecule has 11 heteroatoms. The number of hydrogen-bond donors (Lipinski definition) is 4. The lowest BCUT2D eigenvalue weighted by molar-refractivity contribution is -0.122. The van der Waals surface area contributed by atoms with Gasteiger partial charge in [-0.15, -0.1) is 0 Å². The van der Waals surface area contributed by atoms with E-state index in [4.69, 9.17) is 27.6 Å². The second-order valence-electron chi connectivity index (χ2n) is 11.1. The number of carboxylic acids is 1. The minimum Gasteiger partial charge on any atom is -0.475 e. The van der Waals surface area contributed by atoms with Gasteiger partial charge in [-0.05, 0) is 47.2 Å². The molecule has 1 saturated heterocycles. The zero-order chi connectivity index (χ0) is 28.3. The van der Waals surface area contributed by atoms with E-state index in [1.165, 1.54) is 24.3 Å². The molecule has 1 fully saturated rings. The van der Waals surface area contributed by atoms with Gasteiger partial charge in [0.25, 0.3) is 0 Å². The second-order valence-corrected chi connectivity index (χ2v) is 11.9. The standard InChI is InChI=1S/C28H26Cl2FN3O5/c1-27(2,3)12-19-28(15-8-7-13(29)11-17(15)32-26(28)38)21(14-5-4-6-16(30)22(14)31)23(33-19)24(35)34-20-10-9-18(39-20)25(36)37/h4-11,19,21,23,33H,12H2,1-3H3,(H,32,38)(H,34,35)(H,36,37)/t19-,21-,23+,28+/m0/s1. The zero-order valence-electron chi connectivity index (χ0n) is 21.3. The molecule has 0 saturated carbocycles. The quantitative estimate of drug-likeness (QED) is 0.305. The topological polar surface area (TPSA) is 121 Å². The highest BCUT2D eigenvalue weighted by Gasteiger charge is 2.66. The number of aromatic carboxylic acids is 1. The number of carbonyl (C=O) groups excluding carboxylic acids is 2. The number of hydrogen-bond acceptors (Lipinski definition) is 5. The SMILES string of the molecule is CC(C)(C)C[C@@H]1N[C@@H](C(=O)Nc2ccc(C(=O)O)o2)[C@H](c2cccc(Cl)c2F)[C@]12C(=O)Nc1cc(Cl)ccc12. The van der Waals surface area contributed by atoms with Crippen molar-refractivity contribution in [1.82, 2.24) is 5.32 Å². The van der Waals surface area contributed by atoms with Gasteiger partial charge in [-0.3, -0.25) is 14.9 Å². The molecule has 204 valence electrons. The van der Waals surface area contributed by atoms with Crippen molar-refractivity contribution >= 4 is 52.6 Å². The fourth-order valence-electron chi connectivity index (χ4n) is 5.87.